The first-order valence-corrected chi connectivity index (χ1v) is 15.5. The molecule has 3 aliphatic rings. The maximum Gasteiger partial charge on any atom is 0.174 e. The molecule has 0 fully saturated rings. The lowest BCUT2D eigenvalue weighted by Gasteiger charge is -2.44. The fraction of sp³-hybridized carbons (Fsp3) is 0.300. The van der Waals surface area contributed by atoms with Crippen LogP contribution in [0.15, 0.2) is 102 Å². The van der Waals surface area contributed by atoms with E-state index >= 15 is 0 Å². The maximum absolute atomic E-state index is 7.51. The summed E-state index contributed by atoms with van der Waals surface area (Å²) < 4.78 is 18.6. The molecular weight excluding hydrogens is 528 g/mol. The van der Waals surface area contributed by atoms with Crippen LogP contribution < -0.4 is 9.47 Å². The van der Waals surface area contributed by atoms with E-state index < -0.39 is 5.60 Å². The van der Waals surface area contributed by atoms with Gasteiger partial charge in [-0.15, -0.1) is 0 Å². The summed E-state index contributed by atoms with van der Waals surface area (Å²) in [6.07, 6.45) is 10.7. The van der Waals surface area contributed by atoms with Crippen molar-refractivity contribution in [3.63, 3.8) is 0 Å². The van der Waals surface area contributed by atoms with Gasteiger partial charge in [0.1, 0.15) is 11.5 Å². The van der Waals surface area contributed by atoms with Crippen LogP contribution in [0.25, 0.3) is 28.0 Å². The quantitative estimate of drug-likeness (QED) is 0.232. The van der Waals surface area contributed by atoms with Crippen molar-refractivity contribution >= 4 is 16.8 Å². The average Bonchev–Trinajstić information content (AvgIpc) is 3.37. The van der Waals surface area contributed by atoms with Gasteiger partial charge in [0.25, 0.3) is 0 Å². The number of fused-ring (bicyclic) bond motifs is 8. The van der Waals surface area contributed by atoms with Crippen LogP contribution in [0.1, 0.15) is 62.8 Å². The van der Waals surface area contributed by atoms with Gasteiger partial charge in [-0.1, -0.05) is 101 Å². The Kier molecular flexibility index (Phi) is 6.54. The summed E-state index contributed by atoms with van der Waals surface area (Å²) in [5.74, 6) is 3.57. The van der Waals surface area contributed by atoms with Gasteiger partial charge in [0.15, 0.2) is 5.60 Å². The molecule has 0 radical (unpaired) electrons. The molecule has 1 unspecified atom stereocenters. The van der Waals surface area contributed by atoms with Crippen LogP contribution in [0.3, 0.4) is 0 Å². The zero-order valence-corrected chi connectivity index (χ0v) is 26.0. The van der Waals surface area contributed by atoms with E-state index in [1.165, 1.54) is 38.8 Å². The summed E-state index contributed by atoms with van der Waals surface area (Å²) >= 11 is 0. The molecule has 0 N–H and O–H groups in total. The largest absolute Gasteiger partial charge is 0.501 e. The van der Waals surface area contributed by atoms with E-state index in [9.17, 15) is 0 Å². The second kappa shape index (κ2) is 10.2. The first-order valence-electron chi connectivity index (χ1n) is 15.5. The summed E-state index contributed by atoms with van der Waals surface area (Å²) in [5, 5.41) is 2.41. The standard InChI is InChI=1S/C40H40O3/c1-25(2)40(26(3)4)35-14-10-9-13-33(35)36-31-11-7-8-12-32(31)38-34(37(36)40)23-24-39(43-38,27-15-19-29(41-5)20-16-27)28-17-21-30(42-6)22-18-28/h7-17,19-21,23-26H,18,22H2,1-6H3. The van der Waals surface area contributed by atoms with Crippen LogP contribution >= 0.6 is 0 Å². The van der Waals surface area contributed by atoms with E-state index in [4.69, 9.17) is 14.2 Å². The Hall–Kier alpha value is -4.24. The third kappa shape index (κ3) is 3.80. The molecule has 0 bridgehead atoms. The van der Waals surface area contributed by atoms with E-state index in [-0.39, 0.29) is 5.41 Å². The van der Waals surface area contributed by atoms with Crippen LogP contribution in [0.4, 0.5) is 0 Å². The SMILES string of the molecule is COC1=CC=C(C2(c3ccc(OC)cc3)C=Cc3c4c(c5ccccc5c3O2)-c2ccccc2C4(C(C)C)C(C)C)CC1. The molecule has 0 amide bonds. The Balaban J connectivity index is 1.56. The number of hydrogen-bond donors (Lipinski definition) is 0. The lowest BCUT2D eigenvalue weighted by atomic mass is 9.61. The second-order valence-corrected chi connectivity index (χ2v) is 12.7. The summed E-state index contributed by atoms with van der Waals surface area (Å²) in [5.41, 5.74) is 8.17. The van der Waals surface area contributed by atoms with Gasteiger partial charge >= 0.3 is 0 Å². The highest BCUT2D eigenvalue weighted by molar-refractivity contribution is 6.08. The molecule has 0 aromatic heterocycles. The van der Waals surface area contributed by atoms with E-state index in [0.717, 1.165) is 41.0 Å². The number of ether oxygens (including phenoxy) is 3. The Morgan fingerprint density at radius 1 is 0.744 bits per heavy atom. The number of rotatable bonds is 6. The maximum atomic E-state index is 7.51. The summed E-state index contributed by atoms with van der Waals surface area (Å²) in [4.78, 5) is 0. The molecule has 7 rings (SSSR count). The predicted molar refractivity (Wildman–Crippen MR) is 177 cm³/mol. The fourth-order valence-corrected chi connectivity index (χ4v) is 8.31. The molecule has 0 saturated carbocycles. The highest BCUT2D eigenvalue weighted by Gasteiger charge is 2.51. The Morgan fingerprint density at radius 3 is 2.09 bits per heavy atom. The minimum absolute atomic E-state index is 0.145. The first kappa shape index (κ1) is 27.6. The molecule has 1 atom stereocenters. The molecule has 43 heavy (non-hydrogen) atoms. The highest BCUT2D eigenvalue weighted by Crippen LogP contribution is 2.62. The topological polar surface area (TPSA) is 27.7 Å². The van der Waals surface area contributed by atoms with Crippen LogP contribution in [0.2, 0.25) is 0 Å². The lowest BCUT2D eigenvalue weighted by Crippen LogP contribution is -2.39. The predicted octanol–water partition coefficient (Wildman–Crippen LogP) is 9.98. The normalized spacial score (nSPS) is 19.8. The molecule has 1 heterocycles. The molecule has 0 spiro atoms. The Labute approximate surface area is 255 Å². The minimum atomic E-state index is -0.754. The van der Waals surface area contributed by atoms with Crippen molar-refractivity contribution in [2.75, 3.05) is 14.2 Å². The van der Waals surface area contributed by atoms with E-state index in [1.807, 2.05) is 12.1 Å². The van der Waals surface area contributed by atoms with E-state index in [0.29, 0.717) is 11.8 Å². The molecule has 1 aliphatic heterocycles. The van der Waals surface area contributed by atoms with Gasteiger partial charge in [0, 0.05) is 28.3 Å². The first-order chi connectivity index (χ1) is 20.9. The monoisotopic (exact) mass is 568 g/mol. The van der Waals surface area contributed by atoms with Gasteiger partial charge in [-0.05, 0) is 75.8 Å². The Morgan fingerprint density at radius 2 is 1.44 bits per heavy atom. The van der Waals surface area contributed by atoms with Crippen molar-refractivity contribution in [1.82, 2.24) is 0 Å². The third-order valence-corrected chi connectivity index (χ3v) is 10.2. The average molecular weight is 569 g/mol. The smallest absolute Gasteiger partial charge is 0.174 e. The fourth-order valence-electron chi connectivity index (χ4n) is 8.31. The number of allylic oxidation sites excluding steroid dienone is 3. The highest BCUT2D eigenvalue weighted by atomic mass is 16.5. The van der Waals surface area contributed by atoms with Crippen LogP contribution in [0.5, 0.6) is 11.5 Å². The van der Waals surface area contributed by atoms with E-state index in [1.54, 1.807) is 14.2 Å². The van der Waals surface area contributed by atoms with Crippen molar-refractivity contribution in [3.05, 3.63) is 125 Å². The number of methoxy groups -OCH3 is 2. The summed E-state index contributed by atoms with van der Waals surface area (Å²) in [6.45, 7) is 9.54. The van der Waals surface area contributed by atoms with Gasteiger partial charge in [0.05, 0.1) is 20.0 Å². The molecule has 4 aromatic carbocycles. The molecule has 3 nitrogen and oxygen atoms in total. The molecule has 3 heteroatoms. The zero-order chi connectivity index (χ0) is 29.9. The van der Waals surface area contributed by atoms with Crippen molar-refractivity contribution in [1.29, 1.82) is 0 Å². The van der Waals surface area contributed by atoms with Crippen molar-refractivity contribution in [2.24, 2.45) is 11.8 Å². The van der Waals surface area contributed by atoms with Crippen LogP contribution in [-0.4, -0.2) is 14.2 Å². The van der Waals surface area contributed by atoms with Gasteiger partial charge in [-0.2, -0.15) is 0 Å². The molecule has 2 aliphatic carbocycles. The van der Waals surface area contributed by atoms with Crippen LogP contribution in [0, 0.1) is 11.8 Å². The molecule has 218 valence electrons. The number of hydrogen-bond acceptors (Lipinski definition) is 3. The summed E-state index contributed by atoms with van der Waals surface area (Å²) in [7, 11) is 3.46. The minimum Gasteiger partial charge on any atom is -0.501 e. The van der Waals surface area contributed by atoms with Gasteiger partial charge in [0.2, 0.25) is 0 Å². The van der Waals surface area contributed by atoms with Crippen LogP contribution in [-0.2, 0) is 15.8 Å². The van der Waals surface area contributed by atoms with Gasteiger partial charge in [-0.3, -0.25) is 0 Å². The Bertz CT molecular complexity index is 1810. The lowest BCUT2D eigenvalue weighted by molar-refractivity contribution is 0.151. The van der Waals surface area contributed by atoms with E-state index in [2.05, 4.69) is 113 Å². The summed E-state index contributed by atoms with van der Waals surface area (Å²) in [6, 6.07) is 26.2. The number of benzene rings is 4. The third-order valence-electron chi connectivity index (χ3n) is 10.2. The van der Waals surface area contributed by atoms with Crippen molar-refractivity contribution in [2.45, 2.75) is 51.6 Å². The second-order valence-electron chi connectivity index (χ2n) is 12.7. The van der Waals surface area contributed by atoms with Crippen molar-refractivity contribution < 1.29 is 14.2 Å². The van der Waals surface area contributed by atoms with Gasteiger partial charge in [-0.25, -0.2) is 0 Å². The van der Waals surface area contributed by atoms with Crippen molar-refractivity contribution in [3.8, 4) is 22.6 Å². The molecule has 0 saturated heterocycles. The molecular formula is C40H40O3. The molecule has 4 aromatic rings. The zero-order valence-electron chi connectivity index (χ0n) is 26.0. The van der Waals surface area contributed by atoms with Gasteiger partial charge < -0.3 is 14.2 Å².